The SMILES string of the molecule is CNc1nc(C2CC3CCC2O3)nc(C)c1F. The van der Waals surface area contributed by atoms with Crippen molar-refractivity contribution < 1.29 is 9.13 Å². The molecule has 0 radical (unpaired) electrons. The molecule has 0 saturated carbocycles. The Hall–Kier alpha value is -1.23. The molecule has 2 aliphatic rings. The average Bonchev–Trinajstić information content (AvgIpc) is 2.94. The van der Waals surface area contributed by atoms with Crippen molar-refractivity contribution in [2.75, 3.05) is 12.4 Å². The fourth-order valence-electron chi connectivity index (χ4n) is 2.82. The number of nitrogens with one attached hydrogen (secondary N) is 1. The molecule has 0 aromatic carbocycles. The second-order valence-corrected chi connectivity index (χ2v) is 4.80. The van der Waals surface area contributed by atoms with Gasteiger partial charge in [0.15, 0.2) is 11.6 Å². The minimum atomic E-state index is -0.361. The molecule has 0 aliphatic carbocycles. The molecule has 0 amide bonds. The number of hydrogen-bond acceptors (Lipinski definition) is 4. The summed E-state index contributed by atoms with van der Waals surface area (Å²) in [6.07, 6.45) is 3.77. The normalized spacial score (nSPS) is 30.9. The molecule has 92 valence electrons. The van der Waals surface area contributed by atoms with Gasteiger partial charge >= 0.3 is 0 Å². The molecule has 1 N–H and O–H groups in total. The Bertz CT molecular complexity index is 452. The van der Waals surface area contributed by atoms with E-state index in [2.05, 4.69) is 15.3 Å². The number of ether oxygens (including phenoxy) is 1. The van der Waals surface area contributed by atoms with Gasteiger partial charge in [-0.3, -0.25) is 0 Å². The van der Waals surface area contributed by atoms with Crippen LogP contribution in [0.4, 0.5) is 10.2 Å². The van der Waals surface area contributed by atoms with Crippen LogP contribution in [0.15, 0.2) is 0 Å². The lowest BCUT2D eigenvalue weighted by molar-refractivity contribution is 0.0998. The molecule has 17 heavy (non-hydrogen) atoms. The van der Waals surface area contributed by atoms with Gasteiger partial charge < -0.3 is 10.1 Å². The van der Waals surface area contributed by atoms with Gasteiger partial charge in [-0.2, -0.15) is 0 Å². The molecule has 3 atom stereocenters. The molecule has 5 heteroatoms. The summed E-state index contributed by atoms with van der Waals surface area (Å²) in [4.78, 5) is 8.55. The summed E-state index contributed by atoms with van der Waals surface area (Å²) >= 11 is 0. The third-order valence-corrected chi connectivity index (χ3v) is 3.71. The summed E-state index contributed by atoms with van der Waals surface area (Å²) in [6, 6.07) is 0. The van der Waals surface area contributed by atoms with E-state index in [4.69, 9.17) is 4.74 Å². The largest absolute Gasteiger partial charge is 0.374 e. The zero-order chi connectivity index (χ0) is 12.0. The van der Waals surface area contributed by atoms with Gasteiger partial charge in [-0.15, -0.1) is 0 Å². The lowest BCUT2D eigenvalue weighted by Gasteiger charge is -2.18. The Kier molecular flexibility index (Phi) is 2.50. The summed E-state index contributed by atoms with van der Waals surface area (Å²) < 4.78 is 19.4. The number of anilines is 1. The highest BCUT2D eigenvalue weighted by molar-refractivity contribution is 5.38. The number of aryl methyl sites for hydroxylation is 1. The molecule has 3 heterocycles. The van der Waals surface area contributed by atoms with Gasteiger partial charge in [0.1, 0.15) is 5.82 Å². The quantitative estimate of drug-likeness (QED) is 0.854. The van der Waals surface area contributed by atoms with Crippen LogP contribution in [-0.2, 0) is 4.74 Å². The van der Waals surface area contributed by atoms with Gasteiger partial charge in [-0.25, -0.2) is 14.4 Å². The predicted octanol–water partition coefficient (Wildman–Crippen LogP) is 2.00. The molecule has 0 spiro atoms. The summed E-state index contributed by atoms with van der Waals surface area (Å²) in [5, 5.41) is 2.78. The number of fused-ring (bicyclic) bond motifs is 2. The molecule has 2 bridgehead atoms. The Labute approximate surface area is 99.6 Å². The first kappa shape index (κ1) is 10.9. The molecular weight excluding hydrogens is 221 g/mol. The highest BCUT2D eigenvalue weighted by Gasteiger charge is 2.43. The van der Waals surface area contributed by atoms with Crippen molar-refractivity contribution in [1.29, 1.82) is 0 Å². The fourth-order valence-corrected chi connectivity index (χ4v) is 2.82. The van der Waals surface area contributed by atoms with E-state index in [9.17, 15) is 4.39 Å². The molecule has 3 rings (SSSR count). The molecule has 2 aliphatic heterocycles. The molecule has 1 aromatic heterocycles. The minimum absolute atomic E-state index is 0.231. The number of hydrogen-bond donors (Lipinski definition) is 1. The van der Waals surface area contributed by atoms with Crippen LogP contribution in [0.2, 0.25) is 0 Å². The van der Waals surface area contributed by atoms with Crippen molar-refractivity contribution in [3.8, 4) is 0 Å². The maximum absolute atomic E-state index is 13.6. The van der Waals surface area contributed by atoms with Crippen molar-refractivity contribution in [3.63, 3.8) is 0 Å². The zero-order valence-corrected chi connectivity index (χ0v) is 10.0. The van der Waals surface area contributed by atoms with E-state index in [-0.39, 0.29) is 23.7 Å². The van der Waals surface area contributed by atoms with Crippen molar-refractivity contribution in [1.82, 2.24) is 9.97 Å². The van der Waals surface area contributed by atoms with Crippen LogP contribution in [0.1, 0.15) is 36.7 Å². The van der Waals surface area contributed by atoms with Gasteiger partial charge in [-0.1, -0.05) is 0 Å². The minimum Gasteiger partial charge on any atom is -0.374 e. The average molecular weight is 237 g/mol. The summed E-state index contributed by atoms with van der Waals surface area (Å²) in [5.74, 6) is 0.885. The number of nitrogens with zero attached hydrogens (tertiary/aromatic N) is 2. The van der Waals surface area contributed by atoms with Crippen molar-refractivity contribution >= 4 is 5.82 Å². The molecule has 4 nitrogen and oxygen atoms in total. The van der Waals surface area contributed by atoms with E-state index in [1.807, 2.05) is 0 Å². The van der Waals surface area contributed by atoms with E-state index >= 15 is 0 Å². The first-order chi connectivity index (χ1) is 8.19. The molecule has 3 unspecified atom stereocenters. The van der Waals surface area contributed by atoms with E-state index in [1.165, 1.54) is 0 Å². The highest BCUT2D eigenvalue weighted by atomic mass is 19.1. The fraction of sp³-hybridized carbons (Fsp3) is 0.667. The number of aromatic nitrogens is 2. The topological polar surface area (TPSA) is 47.0 Å². The Morgan fingerprint density at radius 1 is 1.35 bits per heavy atom. The summed E-state index contributed by atoms with van der Waals surface area (Å²) in [7, 11) is 1.67. The molecule has 2 fully saturated rings. The monoisotopic (exact) mass is 237 g/mol. The van der Waals surface area contributed by atoms with Crippen LogP contribution in [0.3, 0.4) is 0 Å². The molecular formula is C12H16FN3O. The smallest absolute Gasteiger partial charge is 0.186 e. The van der Waals surface area contributed by atoms with E-state index in [0.29, 0.717) is 11.8 Å². The Balaban J connectivity index is 1.95. The van der Waals surface area contributed by atoms with Gasteiger partial charge in [-0.05, 0) is 26.2 Å². The van der Waals surface area contributed by atoms with Gasteiger partial charge in [0.05, 0.1) is 17.9 Å². The maximum Gasteiger partial charge on any atom is 0.186 e. The van der Waals surface area contributed by atoms with E-state index in [0.717, 1.165) is 25.1 Å². The lowest BCUT2D eigenvalue weighted by atomic mass is 9.88. The van der Waals surface area contributed by atoms with Gasteiger partial charge in [0.25, 0.3) is 0 Å². The van der Waals surface area contributed by atoms with Crippen molar-refractivity contribution in [3.05, 3.63) is 17.3 Å². The third kappa shape index (κ3) is 1.69. The van der Waals surface area contributed by atoms with Crippen LogP contribution in [0.25, 0.3) is 0 Å². The predicted molar refractivity (Wildman–Crippen MR) is 61.5 cm³/mol. The maximum atomic E-state index is 13.6. The van der Waals surface area contributed by atoms with Crippen molar-refractivity contribution in [2.24, 2.45) is 0 Å². The van der Waals surface area contributed by atoms with Crippen LogP contribution in [0, 0.1) is 12.7 Å². The summed E-state index contributed by atoms with van der Waals surface area (Å²) in [6.45, 7) is 1.68. The van der Waals surface area contributed by atoms with E-state index < -0.39 is 0 Å². The third-order valence-electron chi connectivity index (χ3n) is 3.71. The lowest BCUT2D eigenvalue weighted by Crippen LogP contribution is -2.19. The van der Waals surface area contributed by atoms with E-state index in [1.54, 1.807) is 14.0 Å². The standard InChI is InChI=1S/C12H16FN3O/c1-6-10(13)12(14-2)16-11(15-6)8-5-7-3-4-9(8)17-7/h7-9H,3-5H2,1-2H3,(H,14,15,16). The Morgan fingerprint density at radius 2 is 2.18 bits per heavy atom. The second kappa shape index (κ2) is 3.91. The zero-order valence-electron chi connectivity index (χ0n) is 10.0. The second-order valence-electron chi connectivity index (χ2n) is 4.80. The number of rotatable bonds is 2. The Morgan fingerprint density at radius 3 is 2.76 bits per heavy atom. The first-order valence-electron chi connectivity index (χ1n) is 6.06. The van der Waals surface area contributed by atoms with Crippen LogP contribution in [0.5, 0.6) is 0 Å². The number of halogens is 1. The van der Waals surface area contributed by atoms with Gasteiger partial charge in [0, 0.05) is 13.0 Å². The molecule has 1 aromatic rings. The summed E-state index contributed by atoms with van der Waals surface area (Å²) in [5.41, 5.74) is 0.405. The van der Waals surface area contributed by atoms with Gasteiger partial charge in [0.2, 0.25) is 0 Å². The van der Waals surface area contributed by atoms with Crippen LogP contribution in [-0.4, -0.2) is 29.2 Å². The first-order valence-corrected chi connectivity index (χ1v) is 6.06. The molecule has 2 saturated heterocycles. The van der Waals surface area contributed by atoms with Crippen molar-refractivity contribution in [2.45, 2.75) is 44.3 Å². The highest BCUT2D eigenvalue weighted by Crippen LogP contribution is 2.43. The van der Waals surface area contributed by atoms with Crippen LogP contribution >= 0.6 is 0 Å². The van der Waals surface area contributed by atoms with Crippen LogP contribution < -0.4 is 5.32 Å².